The molecular formula is C13H22. The first-order chi connectivity index (χ1) is 6.20. The molecule has 0 nitrogen and oxygen atoms in total. The zero-order valence-corrected chi connectivity index (χ0v) is 9.27. The molecule has 0 aromatic carbocycles. The van der Waals surface area contributed by atoms with Gasteiger partial charge < -0.3 is 0 Å². The van der Waals surface area contributed by atoms with E-state index in [-0.39, 0.29) is 0 Å². The molecule has 0 bridgehead atoms. The highest BCUT2D eigenvalue weighted by Crippen LogP contribution is 2.34. The Kier molecular flexibility index (Phi) is 3.77. The Hall–Kier alpha value is -0.520. The zero-order valence-electron chi connectivity index (χ0n) is 9.27. The molecule has 0 aromatic rings. The molecule has 0 aromatic heterocycles. The van der Waals surface area contributed by atoms with E-state index in [1.807, 2.05) is 0 Å². The largest absolute Gasteiger partial charge is 0.0805 e. The van der Waals surface area contributed by atoms with E-state index in [0.29, 0.717) is 5.41 Å². The van der Waals surface area contributed by atoms with Crippen LogP contribution in [0, 0.1) is 5.41 Å². The quantitative estimate of drug-likeness (QED) is 0.595. The highest BCUT2D eigenvalue weighted by Gasteiger charge is 2.20. The molecule has 0 spiro atoms. The van der Waals surface area contributed by atoms with E-state index in [1.54, 1.807) is 0 Å². The Morgan fingerprint density at radius 2 is 2.08 bits per heavy atom. The minimum Gasteiger partial charge on any atom is -0.0805 e. The van der Waals surface area contributed by atoms with Crippen molar-refractivity contribution in [3.63, 3.8) is 0 Å². The molecule has 1 aliphatic carbocycles. The lowest BCUT2D eigenvalue weighted by Crippen LogP contribution is -2.14. The van der Waals surface area contributed by atoms with Gasteiger partial charge in [-0.3, -0.25) is 0 Å². The molecule has 1 atom stereocenters. The van der Waals surface area contributed by atoms with Crippen LogP contribution in [-0.4, -0.2) is 0 Å². The maximum absolute atomic E-state index is 2.43. The van der Waals surface area contributed by atoms with Crippen molar-refractivity contribution in [3.8, 4) is 0 Å². The van der Waals surface area contributed by atoms with Crippen molar-refractivity contribution >= 4 is 0 Å². The van der Waals surface area contributed by atoms with E-state index >= 15 is 0 Å². The van der Waals surface area contributed by atoms with Crippen LogP contribution in [0.5, 0.6) is 0 Å². The standard InChI is InChI=1S/C13H22/c1-4-6-12-7-10-13(3,9-5-2)11-8-12/h7-8,10H,4-6,9,11H2,1-3H3/t13-/m0/s1. The fourth-order valence-electron chi connectivity index (χ4n) is 2.04. The molecule has 0 saturated carbocycles. The van der Waals surface area contributed by atoms with E-state index in [4.69, 9.17) is 0 Å². The van der Waals surface area contributed by atoms with Gasteiger partial charge in [-0.2, -0.15) is 0 Å². The monoisotopic (exact) mass is 178 g/mol. The van der Waals surface area contributed by atoms with E-state index < -0.39 is 0 Å². The Morgan fingerprint density at radius 3 is 2.54 bits per heavy atom. The maximum Gasteiger partial charge on any atom is -0.0109 e. The molecule has 0 saturated heterocycles. The SMILES string of the molecule is CCCC1=CC[C@@](C)(CCC)C=C1. The van der Waals surface area contributed by atoms with Crippen molar-refractivity contribution in [1.82, 2.24) is 0 Å². The van der Waals surface area contributed by atoms with Gasteiger partial charge in [0.1, 0.15) is 0 Å². The van der Waals surface area contributed by atoms with Gasteiger partial charge in [-0.1, -0.05) is 57.4 Å². The van der Waals surface area contributed by atoms with Crippen molar-refractivity contribution in [1.29, 1.82) is 0 Å². The second-order valence-electron chi connectivity index (χ2n) is 4.47. The van der Waals surface area contributed by atoms with Crippen LogP contribution in [0.2, 0.25) is 0 Å². The summed E-state index contributed by atoms with van der Waals surface area (Å²) >= 11 is 0. The summed E-state index contributed by atoms with van der Waals surface area (Å²) in [6, 6.07) is 0. The van der Waals surface area contributed by atoms with Gasteiger partial charge in [0, 0.05) is 0 Å². The minimum atomic E-state index is 0.450. The van der Waals surface area contributed by atoms with E-state index in [1.165, 1.54) is 37.7 Å². The van der Waals surface area contributed by atoms with Crippen LogP contribution < -0.4 is 0 Å². The van der Waals surface area contributed by atoms with E-state index in [9.17, 15) is 0 Å². The van der Waals surface area contributed by atoms with Gasteiger partial charge in [-0.05, 0) is 24.7 Å². The third-order valence-corrected chi connectivity index (χ3v) is 2.89. The molecule has 74 valence electrons. The van der Waals surface area contributed by atoms with Gasteiger partial charge >= 0.3 is 0 Å². The van der Waals surface area contributed by atoms with E-state index in [2.05, 4.69) is 39.0 Å². The number of rotatable bonds is 4. The van der Waals surface area contributed by atoms with Crippen LogP contribution in [0.4, 0.5) is 0 Å². The highest BCUT2D eigenvalue weighted by atomic mass is 14.3. The first kappa shape index (κ1) is 10.6. The third-order valence-electron chi connectivity index (χ3n) is 2.89. The Morgan fingerprint density at radius 1 is 1.31 bits per heavy atom. The molecule has 0 amide bonds. The van der Waals surface area contributed by atoms with Crippen molar-refractivity contribution in [2.45, 2.75) is 52.9 Å². The molecule has 0 unspecified atom stereocenters. The molecule has 0 radical (unpaired) electrons. The second kappa shape index (κ2) is 4.64. The molecule has 0 fully saturated rings. The van der Waals surface area contributed by atoms with Crippen molar-refractivity contribution < 1.29 is 0 Å². The molecule has 0 heterocycles. The first-order valence-electron chi connectivity index (χ1n) is 5.58. The highest BCUT2D eigenvalue weighted by molar-refractivity contribution is 5.25. The Bertz CT molecular complexity index is 210. The van der Waals surface area contributed by atoms with Crippen LogP contribution in [-0.2, 0) is 0 Å². The summed E-state index contributed by atoms with van der Waals surface area (Å²) in [6.45, 7) is 6.88. The third kappa shape index (κ3) is 3.02. The fraction of sp³-hybridized carbons (Fsp3) is 0.692. The lowest BCUT2D eigenvalue weighted by Gasteiger charge is -2.27. The van der Waals surface area contributed by atoms with Gasteiger partial charge in [0.05, 0.1) is 0 Å². The zero-order chi connectivity index (χ0) is 9.73. The summed E-state index contributed by atoms with van der Waals surface area (Å²) in [4.78, 5) is 0. The predicted molar refractivity (Wildman–Crippen MR) is 59.8 cm³/mol. The maximum atomic E-state index is 2.43. The van der Waals surface area contributed by atoms with Crippen LogP contribution in [0.1, 0.15) is 52.9 Å². The van der Waals surface area contributed by atoms with Crippen LogP contribution in [0.25, 0.3) is 0 Å². The molecule has 0 N–H and O–H groups in total. The van der Waals surface area contributed by atoms with Crippen LogP contribution in [0.3, 0.4) is 0 Å². The van der Waals surface area contributed by atoms with Crippen LogP contribution in [0.15, 0.2) is 23.8 Å². The molecule has 13 heavy (non-hydrogen) atoms. The minimum absolute atomic E-state index is 0.450. The summed E-state index contributed by atoms with van der Waals surface area (Å²) in [5.74, 6) is 0. The van der Waals surface area contributed by atoms with Gasteiger partial charge in [0.2, 0.25) is 0 Å². The smallest absolute Gasteiger partial charge is 0.0109 e. The van der Waals surface area contributed by atoms with Gasteiger partial charge in [-0.15, -0.1) is 0 Å². The average Bonchev–Trinajstić information content (AvgIpc) is 2.10. The van der Waals surface area contributed by atoms with Crippen LogP contribution >= 0.6 is 0 Å². The van der Waals surface area contributed by atoms with Crippen molar-refractivity contribution in [2.24, 2.45) is 5.41 Å². The number of allylic oxidation sites excluding steroid dienone is 4. The van der Waals surface area contributed by atoms with E-state index in [0.717, 1.165) is 0 Å². The summed E-state index contributed by atoms with van der Waals surface area (Å²) in [5, 5.41) is 0. The number of hydrogen-bond donors (Lipinski definition) is 0. The summed E-state index contributed by atoms with van der Waals surface area (Å²) in [6.07, 6.45) is 13.5. The summed E-state index contributed by atoms with van der Waals surface area (Å²) in [5.41, 5.74) is 1.99. The van der Waals surface area contributed by atoms with Crippen molar-refractivity contribution in [2.75, 3.05) is 0 Å². The van der Waals surface area contributed by atoms with Gasteiger partial charge in [-0.25, -0.2) is 0 Å². The summed E-state index contributed by atoms with van der Waals surface area (Å²) < 4.78 is 0. The molecule has 0 heteroatoms. The second-order valence-corrected chi connectivity index (χ2v) is 4.47. The fourth-order valence-corrected chi connectivity index (χ4v) is 2.04. The average molecular weight is 178 g/mol. The Labute approximate surface area is 82.7 Å². The molecule has 1 aliphatic rings. The predicted octanol–water partition coefficient (Wildman–Crippen LogP) is 4.48. The van der Waals surface area contributed by atoms with Gasteiger partial charge in [0.25, 0.3) is 0 Å². The normalized spacial score (nSPS) is 27.5. The first-order valence-corrected chi connectivity index (χ1v) is 5.58. The topological polar surface area (TPSA) is 0 Å². The van der Waals surface area contributed by atoms with Crippen molar-refractivity contribution in [3.05, 3.63) is 23.8 Å². The molecule has 1 rings (SSSR count). The molecular weight excluding hydrogens is 156 g/mol. The number of hydrogen-bond acceptors (Lipinski definition) is 0. The lowest BCUT2D eigenvalue weighted by atomic mass is 9.78. The molecule has 0 aliphatic heterocycles. The lowest BCUT2D eigenvalue weighted by molar-refractivity contribution is 0.386. The summed E-state index contributed by atoms with van der Waals surface area (Å²) in [7, 11) is 0. The van der Waals surface area contributed by atoms with Gasteiger partial charge in [0.15, 0.2) is 0 Å². The Balaban J connectivity index is 2.51.